The highest BCUT2D eigenvalue weighted by molar-refractivity contribution is 5.73. The van der Waals surface area contributed by atoms with Crippen LogP contribution in [-0.2, 0) is 19.1 Å². The molecule has 28 heavy (non-hydrogen) atoms. The number of aliphatic carboxylic acids is 1. The average molecular weight is 416 g/mol. The van der Waals surface area contributed by atoms with Crippen molar-refractivity contribution in [2.24, 2.45) is 0 Å². The summed E-state index contributed by atoms with van der Waals surface area (Å²) in [7, 11) is 0. The van der Waals surface area contributed by atoms with Crippen LogP contribution in [0, 0.1) is 0 Å². The van der Waals surface area contributed by atoms with E-state index >= 15 is 0 Å². The predicted molar refractivity (Wildman–Crippen MR) is 82.4 cm³/mol. The number of aliphatic hydroxyl groups excluding tert-OH is 9. The van der Waals surface area contributed by atoms with Crippen LogP contribution >= 0.6 is 0 Å². The highest BCUT2D eigenvalue weighted by Gasteiger charge is 2.49. The lowest BCUT2D eigenvalue weighted by molar-refractivity contribution is -0.316. The second-order valence-corrected chi connectivity index (χ2v) is 6.18. The van der Waals surface area contributed by atoms with Gasteiger partial charge >= 0.3 is 5.97 Å². The lowest BCUT2D eigenvalue weighted by Crippen LogP contribution is -2.62. The van der Waals surface area contributed by atoms with Gasteiger partial charge in [0, 0.05) is 0 Å². The Hall–Kier alpha value is -1.30. The summed E-state index contributed by atoms with van der Waals surface area (Å²) in [6.07, 6.45) is -23.1. The lowest BCUT2D eigenvalue weighted by atomic mass is 9.96. The Bertz CT molecular complexity index is 516. The molecule has 0 bridgehead atoms. The van der Waals surface area contributed by atoms with Gasteiger partial charge in [0.15, 0.2) is 18.7 Å². The van der Waals surface area contributed by atoms with Crippen molar-refractivity contribution in [3.63, 3.8) is 0 Å². The summed E-state index contributed by atoms with van der Waals surface area (Å²) < 4.78 is 9.74. The molecule has 1 fully saturated rings. The van der Waals surface area contributed by atoms with Crippen molar-refractivity contribution < 1.29 is 70.1 Å². The van der Waals surface area contributed by atoms with Crippen LogP contribution in [0.3, 0.4) is 0 Å². The fourth-order valence-corrected chi connectivity index (χ4v) is 2.47. The molecule has 164 valence electrons. The van der Waals surface area contributed by atoms with Gasteiger partial charge in [-0.15, -0.1) is 0 Å². The van der Waals surface area contributed by atoms with Crippen LogP contribution < -0.4 is 0 Å². The number of hydrogen-bond donors (Lipinski definition) is 10. The second kappa shape index (κ2) is 10.5. The molecule has 10 N–H and O–H groups in total. The van der Waals surface area contributed by atoms with Crippen molar-refractivity contribution in [1.29, 1.82) is 0 Å². The van der Waals surface area contributed by atoms with Crippen molar-refractivity contribution in [2.45, 2.75) is 67.3 Å². The molecule has 0 aromatic carbocycles. The zero-order valence-corrected chi connectivity index (χ0v) is 14.2. The third kappa shape index (κ3) is 5.40. The van der Waals surface area contributed by atoms with Crippen LogP contribution in [0.15, 0.2) is 0 Å². The highest BCUT2D eigenvalue weighted by Crippen LogP contribution is 2.24. The zero-order valence-electron chi connectivity index (χ0n) is 14.2. The van der Waals surface area contributed by atoms with Crippen molar-refractivity contribution in [3.8, 4) is 0 Å². The van der Waals surface area contributed by atoms with Crippen LogP contribution in [-0.4, -0.2) is 137 Å². The van der Waals surface area contributed by atoms with Crippen molar-refractivity contribution in [1.82, 2.24) is 0 Å². The van der Waals surface area contributed by atoms with Gasteiger partial charge in [-0.25, -0.2) is 4.79 Å². The fourth-order valence-electron chi connectivity index (χ4n) is 2.47. The zero-order chi connectivity index (χ0) is 21.8. The van der Waals surface area contributed by atoms with Gasteiger partial charge in [0.25, 0.3) is 0 Å². The van der Waals surface area contributed by atoms with Gasteiger partial charge in [0.05, 0.1) is 6.61 Å². The van der Waals surface area contributed by atoms with E-state index in [4.69, 9.17) is 19.7 Å². The molecule has 0 amide bonds. The monoisotopic (exact) mass is 416 g/mol. The normalized spacial score (nSPS) is 34.7. The lowest BCUT2D eigenvalue weighted by Gasteiger charge is -2.40. The van der Waals surface area contributed by atoms with Gasteiger partial charge in [0.2, 0.25) is 0 Å². The number of rotatable bonds is 10. The first-order chi connectivity index (χ1) is 13.0. The van der Waals surface area contributed by atoms with Gasteiger partial charge in [-0.05, 0) is 0 Å². The van der Waals surface area contributed by atoms with E-state index in [2.05, 4.69) is 0 Å². The fraction of sp³-hybridized carbons (Fsp3) is 0.857. The van der Waals surface area contributed by atoms with E-state index in [1.807, 2.05) is 0 Å². The van der Waals surface area contributed by atoms with E-state index in [1.165, 1.54) is 0 Å². The number of hydrogen-bond acceptors (Lipinski definition) is 13. The van der Waals surface area contributed by atoms with E-state index in [9.17, 15) is 50.4 Å². The number of ether oxygens (including phenoxy) is 2. The van der Waals surface area contributed by atoms with E-state index in [0.29, 0.717) is 0 Å². The molecule has 1 aliphatic rings. The Kier molecular flexibility index (Phi) is 9.25. The Morgan fingerprint density at radius 2 is 1.46 bits per heavy atom. The molecular weight excluding hydrogens is 392 g/mol. The minimum atomic E-state index is -2.28. The quantitative estimate of drug-likeness (QED) is 0.149. The average Bonchev–Trinajstić information content (AvgIpc) is 2.68. The molecule has 1 aliphatic heterocycles. The molecule has 0 spiro atoms. The standard InChI is InChI=1S/C14H24O14/c15-1-3(17)5(18)7(20)8(21)6(19)4(2-16)27-14-11(24)9(22)10(23)12(28-14)13(25)26/h1,3-12,14,16-24H,2H2,(H,25,26). The summed E-state index contributed by atoms with van der Waals surface area (Å²) in [5.74, 6) is -1.71. The van der Waals surface area contributed by atoms with Gasteiger partial charge < -0.3 is 65.3 Å². The van der Waals surface area contributed by atoms with E-state index in [1.54, 1.807) is 0 Å². The minimum Gasteiger partial charge on any atom is -0.479 e. The van der Waals surface area contributed by atoms with E-state index < -0.39 is 79.9 Å². The molecule has 14 heteroatoms. The van der Waals surface area contributed by atoms with Gasteiger partial charge in [-0.2, -0.15) is 0 Å². The number of carboxylic acid groups (broad SMARTS) is 1. The van der Waals surface area contributed by atoms with E-state index in [-0.39, 0.29) is 6.29 Å². The SMILES string of the molecule is O=CC(O)C(O)C(O)C(O)C(O)C(CO)OC1OC(C(=O)O)C(O)C(O)C1O. The topological polar surface area (TPSA) is 255 Å². The number of aliphatic hydroxyl groups is 9. The van der Waals surface area contributed by atoms with E-state index in [0.717, 1.165) is 0 Å². The van der Waals surface area contributed by atoms with Crippen molar-refractivity contribution in [2.75, 3.05) is 6.61 Å². The van der Waals surface area contributed by atoms with Crippen molar-refractivity contribution in [3.05, 3.63) is 0 Å². The Morgan fingerprint density at radius 1 is 0.929 bits per heavy atom. The highest BCUT2D eigenvalue weighted by atomic mass is 16.7. The van der Waals surface area contributed by atoms with Gasteiger partial charge in [0.1, 0.15) is 54.9 Å². The van der Waals surface area contributed by atoms with Crippen LogP contribution in [0.1, 0.15) is 0 Å². The second-order valence-electron chi connectivity index (χ2n) is 6.18. The molecule has 1 saturated heterocycles. The number of carbonyl (C=O) groups is 2. The third-order valence-corrected chi connectivity index (χ3v) is 4.22. The summed E-state index contributed by atoms with van der Waals surface area (Å²) in [4.78, 5) is 21.4. The van der Waals surface area contributed by atoms with Crippen LogP contribution in [0.4, 0.5) is 0 Å². The number of aldehydes is 1. The molecule has 0 aromatic rings. The third-order valence-electron chi connectivity index (χ3n) is 4.22. The van der Waals surface area contributed by atoms with Crippen molar-refractivity contribution >= 4 is 12.3 Å². The molecule has 0 radical (unpaired) electrons. The summed E-state index contributed by atoms with van der Waals surface area (Å²) in [6, 6.07) is 0. The molecule has 1 heterocycles. The maximum absolute atomic E-state index is 11.0. The summed E-state index contributed by atoms with van der Waals surface area (Å²) in [5.41, 5.74) is 0. The molecule has 11 unspecified atom stereocenters. The smallest absolute Gasteiger partial charge is 0.335 e. The van der Waals surface area contributed by atoms with Crippen LogP contribution in [0.25, 0.3) is 0 Å². The summed E-state index contributed by atoms with van der Waals surface area (Å²) >= 11 is 0. The Balaban J connectivity index is 2.88. The van der Waals surface area contributed by atoms with Gasteiger partial charge in [-0.1, -0.05) is 0 Å². The number of carboxylic acids is 1. The molecule has 14 nitrogen and oxygen atoms in total. The predicted octanol–water partition coefficient (Wildman–Crippen LogP) is -6.74. The maximum atomic E-state index is 11.0. The first-order valence-electron chi connectivity index (χ1n) is 8.02. The van der Waals surface area contributed by atoms with Gasteiger partial charge in [-0.3, -0.25) is 0 Å². The minimum absolute atomic E-state index is 0.141. The Labute approximate surface area is 157 Å². The summed E-state index contributed by atoms with van der Waals surface area (Å²) in [5, 5.41) is 95.6. The first kappa shape index (κ1) is 24.7. The molecule has 1 rings (SSSR count). The molecule has 0 aliphatic carbocycles. The number of carbonyl (C=O) groups excluding carboxylic acids is 1. The molecule has 0 saturated carbocycles. The first-order valence-corrected chi connectivity index (χ1v) is 8.02. The summed E-state index contributed by atoms with van der Waals surface area (Å²) in [6.45, 7) is -1.08. The molecule has 0 aromatic heterocycles. The van der Waals surface area contributed by atoms with Crippen LogP contribution in [0.2, 0.25) is 0 Å². The molecular formula is C14H24O14. The Morgan fingerprint density at radius 3 is 1.93 bits per heavy atom. The molecule has 11 atom stereocenters. The van der Waals surface area contributed by atoms with Crippen LogP contribution in [0.5, 0.6) is 0 Å². The maximum Gasteiger partial charge on any atom is 0.335 e. The largest absolute Gasteiger partial charge is 0.479 e.